The van der Waals surface area contributed by atoms with Gasteiger partial charge in [-0.3, -0.25) is 4.79 Å². The number of rotatable bonds is 11. The number of ether oxygens (including phenoxy) is 5. The first-order valence-corrected chi connectivity index (χ1v) is 15.0. The maximum Gasteiger partial charge on any atom is 0.308 e. The maximum absolute atomic E-state index is 12.0. The van der Waals surface area contributed by atoms with E-state index in [2.05, 4.69) is 0 Å². The first-order chi connectivity index (χ1) is 21.6. The molecule has 1 aliphatic heterocycles. The van der Waals surface area contributed by atoms with E-state index in [1.807, 2.05) is 133 Å². The number of benzene rings is 4. The molecule has 0 bridgehead atoms. The van der Waals surface area contributed by atoms with Crippen LogP contribution in [0.2, 0.25) is 0 Å². The lowest BCUT2D eigenvalue weighted by atomic mass is 9.97. The van der Waals surface area contributed by atoms with Crippen molar-refractivity contribution in [1.82, 2.24) is 4.57 Å². The zero-order chi connectivity index (χ0) is 30.3. The average Bonchev–Trinajstić information content (AvgIpc) is 3.41. The minimum Gasteiger partial charge on any atom is -0.424 e. The Labute approximate surface area is 257 Å². The number of hydrogen-bond acceptors (Lipinski definition) is 6. The van der Waals surface area contributed by atoms with Crippen LogP contribution in [0.5, 0.6) is 5.75 Å². The highest BCUT2D eigenvalue weighted by molar-refractivity contribution is 5.89. The molecule has 226 valence electrons. The first kappa shape index (κ1) is 29.8. The third-order valence-electron chi connectivity index (χ3n) is 7.83. The molecule has 0 spiro atoms. The number of carbonyl (C=O) groups excluding carboxylic acids is 1. The molecule has 7 nitrogen and oxygen atoms in total. The number of fused-ring (bicyclic) bond motifs is 1. The zero-order valence-corrected chi connectivity index (χ0v) is 25.0. The summed E-state index contributed by atoms with van der Waals surface area (Å²) in [5, 5.41) is 0.810. The number of esters is 1. The van der Waals surface area contributed by atoms with E-state index in [-0.39, 0.29) is 12.1 Å². The fourth-order valence-electron chi connectivity index (χ4n) is 5.73. The summed E-state index contributed by atoms with van der Waals surface area (Å²) >= 11 is 0. The van der Waals surface area contributed by atoms with Gasteiger partial charge < -0.3 is 28.3 Å². The summed E-state index contributed by atoms with van der Waals surface area (Å²) in [5.74, 6) is 0.0801. The SMILES string of the molecule is CC(=O)Oc1cn([C@H]2O[C@@H](C)[C@H](OCc3ccccc3)[C@@H](OCc3ccccc3)[C@H]2OCc2ccccc2)c2ccccc12. The van der Waals surface area contributed by atoms with Gasteiger partial charge in [-0.15, -0.1) is 0 Å². The van der Waals surface area contributed by atoms with Crippen LogP contribution in [0.4, 0.5) is 0 Å². The Bertz CT molecular complexity index is 1640. The Morgan fingerprint density at radius 2 is 1.14 bits per heavy atom. The van der Waals surface area contributed by atoms with Crippen molar-refractivity contribution in [3.63, 3.8) is 0 Å². The van der Waals surface area contributed by atoms with E-state index in [4.69, 9.17) is 23.7 Å². The number of carbonyl (C=O) groups is 1. The van der Waals surface area contributed by atoms with Crippen LogP contribution in [0, 0.1) is 0 Å². The minimum absolute atomic E-state index is 0.348. The molecule has 0 amide bonds. The van der Waals surface area contributed by atoms with Gasteiger partial charge in [-0.2, -0.15) is 0 Å². The van der Waals surface area contributed by atoms with Crippen LogP contribution in [-0.4, -0.2) is 35.0 Å². The van der Waals surface area contributed by atoms with Crippen LogP contribution in [0.25, 0.3) is 10.9 Å². The lowest BCUT2D eigenvalue weighted by Crippen LogP contribution is -2.57. The van der Waals surface area contributed by atoms with E-state index < -0.39 is 24.5 Å². The molecule has 0 N–H and O–H groups in total. The molecular weight excluding hydrogens is 554 g/mol. The van der Waals surface area contributed by atoms with Crippen molar-refractivity contribution in [1.29, 1.82) is 0 Å². The number of nitrogens with zero attached hydrogens (tertiary/aromatic N) is 1. The molecule has 1 aliphatic rings. The van der Waals surface area contributed by atoms with Crippen molar-refractivity contribution in [3.05, 3.63) is 138 Å². The highest BCUT2D eigenvalue weighted by Gasteiger charge is 2.48. The average molecular weight is 592 g/mol. The summed E-state index contributed by atoms with van der Waals surface area (Å²) < 4.78 is 34.5. The third kappa shape index (κ3) is 6.93. The minimum atomic E-state index is -0.597. The van der Waals surface area contributed by atoms with Crippen LogP contribution in [0.15, 0.2) is 121 Å². The van der Waals surface area contributed by atoms with Crippen LogP contribution in [-0.2, 0) is 43.6 Å². The van der Waals surface area contributed by atoms with Gasteiger partial charge in [0.2, 0.25) is 0 Å². The van der Waals surface area contributed by atoms with Crippen molar-refractivity contribution in [3.8, 4) is 5.75 Å². The quantitative estimate of drug-likeness (QED) is 0.151. The van der Waals surface area contributed by atoms with Gasteiger partial charge in [-0.1, -0.05) is 103 Å². The number of hydrogen-bond donors (Lipinski definition) is 0. The Kier molecular flexibility index (Phi) is 9.48. The largest absolute Gasteiger partial charge is 0.424 e. The van der Waals surface area contributed by atoms with Gasteiger partial charge in [0, 0.05) is 12.3 Å². The topological polar surface area (TPSA) is 68.2 Å². The molecule has 4 aromatic carbocycles. The van der Waals surface area contributed by atoms with Crippen molar-refractivity contribution in [2.45, 2.75) is 64.3 Å². The van der Waals surface area contributed by atoms with Gasteiger partial charge >= 0.3 is 5.97 Å². The fraction of sp³-hybridized carbons (Fsp3) is 0.270. The maximum atomic E-state index is 12.0. The summed E-state index contributed by atoms with van der Waals surface area (Å²) in [6, 6.07) is 38.0. The van der Waals surface area contributed by atoms with Gasteiger partial charge in [0.15, 0.2) is 12.0 Å². The summed E-state index contributed by atoms with van der Waals surface area (Å²) in [7, 11) is 0. The van der Waals surface area contributed by atoms with Crippen molar-refractivity contribution < 1.29 is 28.5 Å². The van der Waals surface area contributed by atoms with E-state index in [0.717, 1.165) is 27.6 Å². The van der Waals surface area contributed by atoms with Crippen LogP contribution < -0.4 is 4.74 Å². The van der Waals surface area contributed by atoms with Gasteiger partial charge in [0.1, 0.15) is 18.3 Å². The summed E-state index contributed by atoms with van der Waals surface area (Å²) in [4.78, 5) is 12.0. The van der Waals surface area contributed by atoms with E-state index >= 15 is 0 Å². The predicted octanol–water partition coefficient (Wildman–Crippen LogP) is 7.24. The van der Waals surface area contributed by atoms with E-state index in [0.29, 0.717) is 25.6 Å². The normalized spacial score (nSPS) is 21.7. The van der Waals surface area contributed by atoms with Gasteiger partial charge in [-0.25, -0.2) is 0 Å². The summed E-state index contributed by atoms with van der Waals surface area (Å²) in [5.41, 5.74) is 4.01. The molecule has 5 aromatic rings. The second kappa shape index (κ2) is 14.0. The molecule has 6 rings (SSSR count). The predicted molar refractivity (Wildman–Crippen MR) is 168 cm³/mol. The second-order valence-corrected chi connectivity index (χ2v) is 11.0. The monoisotopic (exact) mass is 591 g/mol. The van der Waals surface area contributed by atoms with Crippen molar-refractivity contribution >= 4 is 16.9 Å². The van der Waals surface area contributed by atoms with Gasteiger partial charge in [0.05, 0.1) is 37.6 Å². The fourth-order valence-corrected chi connectivity index (χ4v) is 5.73. The van der Waals surface area contributed by atoms with Crippen LogP contribution in [0.1, 0.15) is 36.8 Å². The first-order valence-electron chi connectivity index (χ1n) is 15.0. The molecule has 1 aromatic heterocycles. The zero-order valence-electron chi connectivity index (χ0n) is 25.0. The smallest absolute Gasteiger partial charge is 0.308 e. The Morgan fingerprint density at radius 3 is 1.68 bits per heavy atom. The molecule has 0 radical (unpaired) electrons. The lowest BCUT2D eigenvalue weighted by molar-refractivity contribution is -0.278. The van der Waals surface area contributed by atoms with Crippen molar-refractivity contribution in [2.75, 3.05) is 0 Å². The molecule has 0 unspecified atom stereocenters. The summed E-state index contributed by atoms with van der Waals surface area (Å²) in [6.07, 6.45) is -0.612. The van der Waals surface area contributed by atoms with Gasteiger partial charge in [-0.05, 0) is 35.7 Å². The Morgan fingerprint density at radius 1 is 0.659 bits per heavy atom. The van der Waals surface area contributed by atoms with Crippen LogP contribution >= 0.6 is 0 Å². The Balaban J connectivity index is 1.39. The molecular formula is C37H37NO6. The van der Waals surface area contributed by atoms with E-state index in [1.54, 1.807) is 0 Å². The molecule has 7 heteroatoms. The Hall–Kier alpha value is -4.27. The molecule has 0 aliphatic carbocycles. The van der Waals surface area contributed by atoms with Crippen LogP contribution in [0.3, 0.4) is 0 Å². The van der Waals surface area contributed by atoms with E-state index in [1.165, 1.54) is 6.92 Å². The summed E-state index contributed by atoms with van der Waals surface area (Å²) in [6.45, 7) is 4.55. The number of aromatic nitrogens is 1. The van der Waals surface area contributed by atoms with E-state index in [9.17, 15) is 4.79 Å². The molecule has 0 saturated carbocycles. The highest BCUT2D eigenvalue weighted by Crippen LogP contribution is 2.39. The molecule has 44 heavy (non-hydrogen) atoms. The molecule has 1 fully saturated rings. The van der Waals surface area contributed by atoms with Gasteiger partial charge in [0.25, 0.3) is 0 Å². The number of para-hydroxylation sites is 1. The second-order valence-electron chi connectivity index (χ2n) is 11.0. The molecule has 2 heterocycles. The van der Waals surface area contributed by atoms with Crippen molar-refractivity contribution in [2.24, 2.45) is 0 Å². The lowest BCUT2D eigenvalue weighted by Gasteiger charge is -2.46. The highest BCUT2D eigenvalue weighted by atomic mass is 16.6. The third-order valence-corrected chi connectivity index (χ3v) is 7.83. The molecule has 5 atom stereocenters. The standard InChI is InChI=1S/C37H37NO6/c1-26-34(40-23-28-14-6-3-7-15-28)35(41-24-29-16-8-4-9-17-29)36(42-25-30-18-10-5-11-19-30)37(43-26)38-22-33(44-27(2)39)31-20-12-13-21-32(31)38/h3-22,26,34-37H,23-25H2,1-2H3/t26-,34-,35+,36+,37-/m0/s1. The molecule has 1 saturated heterocycles.